The Morgan fingerprint density at radius 2 is 2.12 bits per heavy atom. The molecule has 4 nitrogen and oxygen atoms in total. The average molecular weight is 210 g/mol. The van der Waals surface area contributed by atoms with Gasteiger partial charge < -0.3 is 10.7 Å². The van der Waals surface area contributed by atoms with Crippen LogP contribution in [0.1, 0.15) is 0 Å². The van der Waals surface area contributed by atoms with Crippen molar-refractivity contribution in [2.45, 2.75) is 0 Å². The maximum Gasteiger partial charge on any atom is 0.123 e. The van der Waals surface area contributed by atoms with Gasteiger partial charge >= 0.3 is 0 Å². The van der Waals surface area contributed by atoms with Crippen LogP contribution in [-0.2, 0) is 0 Å². The number of hydrogen-bond donors (Lipinski definition) is 2. The average Bonchev–Trinajstić information content (AvgIpc) is 2.72. The van der Waals surface area contributed by atoms with E-state index in [1.165, 1.54) is 0 Å². The SMILES string of the molecule is Nc1cc(-c2c[nH]c3cnccc23)ccn1. The fourth-order valence-electron chi connectivity index (χ4n) is 1.83. The molecular formula is C12H10N4. The zero-order chi connectivity index (χ0) is 11.0. The molecule has 0 amide bonds. The van der Waals surface area contributed by atoms with E-state index in [1.807, 2.05) is 30.6 Å². The summed E-state index contributed by atoms with van der Waals surface area (Å²) in [5, 5.41) is 1.14. The molecule has 0 aliphatic carbocycles. The number of nitrogens with one attached hydrogen (secondary N) is 1. The molecule has 3 aromatic rings. The molecule has 0 radical (unpaired) electrons. The van der Waals surface area contributed by atoms with E-state index in [0.29, 0.717) is 5.82 Å². The minimum Gasteiger partial charge on any atom is -0.384 e. The van der Waals surface area contributed by atoms with Crippen LogP contribution in [-0.4, -0.2) is 15.0 Å². The van der Waals surface area contributed by atoms with Gasteiger partial charge in [-0.2, -0.15) is 0 Å². The van der Waals surface area contributed by atoms with Gasteiger partial charge in [0.15, 0.2) is 0 Å². The van der Waals surface area contributed by atoms with E-state index in [2.05, 4.69) is 15.0 Å². The second-order valence-electron chi connectivity index (χ2n) is 3.59. The number of anilines is 1. The van der Waals surface area contributed by atoms with Crippen molar-refractivity contribution in [3.8, 4) is 11.1 Å². The molecule has 3 aromatic heterocycles. The molecule has 0 aliphatic heterocycles. The summed E-state index contributed by atoms with van der Waals surface area (Å²) in [7, 11) is 0. The first-order chi connectivity index (χ1) is 7.84. The number of pyridine rings is 2. The molecule has 4 heteroatoms. The molecule has 78 valence electrons. The molecule has 0 aromatic carbocycles. The number of nitrogens with two attached hydrogens (primary N) is 1. The fourth-order valence-corrected chi connectivity index (χ4v) is 1.83. The van der Waals surface area contributed by atoms with Crippen LogP contribution in [0.25, 0.3) is 22.0 Å². The Morgan fingerprint density at radius 1 is 1.19 bits per heavy atom. The highest BCUT2D eigenvalue weighted by Crippen LogP contribution is 2.28. The first kappa shape index (κ1) is 8.91. The molecule has 3 heterocycles. The molecule has 0 aliphatic rings. The Balaban J connectivity index is 2.26. The standard InChI is InChI=1S/C12H10N4/c13-12-5-8(1-4-15-12)10-6-16-11-7-14-3-2-9(10)11/h1-7,16H,(H2,13,15). The van der Waals surface area contributed by atoms with Crippen molar-refractivity contribution < 1.29 is 0 Å². The van der Waals surface area contributed by atoms with Gasteiger partial charge in [0.25, 0.3) is 0 Å². The summed E-state index contributed by atoms with van der Waals surface area (Å²) in [6.07, 6.45) is 7.26. The number of hydrogen-bond acceptors (Lipinski definition) is 3. The van der Waals surface area contributed by atoms with Crippen molar-refractivity contribution in [3.05, 3.63) is 43.0 Å². The quantitative estimate of drug-likeness (QED) is 0.647. The summed E-state index contributed by atoms with van der Waals surface area (Å²) >= 11 is 0. The number of rotatable bonds is 1. The molecule has 0 atom stereocenters. The van der Waals surface area contributed by atoms with Gasteiger partial charge in [-0.1, -0.05) is 0 Å². The van der Waals surface area contributed by atoms with Crippen LogP contribution in [0.15, 0.2) is 43.0 Å². The summed E-state index contributed by atoms with van der Waals surface area (Å²) in [6, 6.07) is 5.79. The summed E-state index contributed by atoms with van der Waals surface area (Å²) in [5.74, 6) is 0.529. The third-order valence-electron chi connectivity index (χ3n) is 2.58. The zero-order valence-electron chi connectivity index (χ0n) is 8.51. The van der Waals surface area contributed by atoms with Crippen LogP contribution >= 0.6 is 0 Å². The highest BCUT2D eigenvalue weighted by Gasteiger charge is 2.05. The second kappa shape index (κ2) is 3.34. The van der Waals surface area contributed by atoms with E-state index in [1.54, 1.807) is 12.4 Å². The molecule has 0 fully saturated rings. The Hall–Kier alpha value is -2.36. The smallest absolute Gasteiger partial charge is 0.123 e. The Bertz CT molecular complexity index is 642. The van der Waals surface area contributed by atoms with Crippen LogP contribution in [0.4, 0.5) is 5.82 Å². The maximum absolute atomic E-state index is 5.68. The van der Waals surface area contributed by atoms with E-state index in [0.717, 1.165) is 22.0 Å². The number of H-pyrrole nitrogens is 1. The summed E-state index contributed by atoms with van der Waals surface area (Å²) in [6.45, 7) is 0. The largest absolute Gasteiger partial charge is 0.384 e. The third kappa shape index (κ3) is 1.32. The maximum atomic E-state index is 5.68. The third-order valence-corrected chi connectivity index (χ3v) is 2.58. The first-order valence-electron chi connectivity index (χ1n) is 4.97. The number of nitrogens with zero attached hydrogens (tertiary/aromatic N) is 2. The molecule has 3 rings (SSSR count). The van der Waals surface area contributed by atoms with Crippen LogP contribution in [0.2, 0.25) is 0 Å². The summed E-state index contributed by atoms with van der Waals surface area (Å²) in [5.41, 5.74) is 8.87. The van der Waals surface area contributed by atoms with Gasteiger partial charge in [-0.05, 0) is 23.8 Å². The number of aromatic nitrogens is 3. The second-order valence-corrected chi connectivity index (χ2v) is 3.59. The minimum absolute atomic E-state index is 0.529. The summed E-state index contributed by atoms with van der Waals surface area (Å²) in [4.78, 5) is 11.2. The number of nitrogen functional groups attached to an aromatic ring is 1. The molecule has 16 heavy (non-hydrogen) atoms. The van der Waals surface area contributed by atoms with Gasteiger partial charge in [0.1, 0.15) is 5.82 Å². The minimum atomic E-state index is 0.529. The first-order valence-corrected chi connectivity index (χ1v) is 4.97. The van der Waals surface area contributed by atoms with Crippen molar-refractivity contribution in [1.82, 2.24) is 15.0 Å². The highest BCUT2D eigenvalue weighted by molar-refractivity contribution is 5.95. The summed E-state index contributed by atoms with van der Waals surface area (Å²) < 4.78 is 0. The fraction of sp³-hybridized carbons (Fsp3) is 0. The highest BCUT2D eigenvalue weighted by atomic mass is 14.8. The molecule has 0 spiro atoms. The van der Waals surface area contributed by atoms with Crippen molar-refractivity contribution >= 4 is 16.7 Å². The topological polar surface area (TPSA) is 67.6 Å². The van der Waals surface area contributed by atoms with Gasteiger partial charge in [0.05, 0.1) is 11.7 Å². The van der Waals surface area contributed by atoms with Crippen LogP contribution < -0.4 is 5.73 Å². The Kier molecular flexibility index (Phi) is 1.86. The number of fused-ring (bicyclic) bond motifs is 1. The molecule has 0 saturated heterocycles. The van der Waals surface area contributed by atoms with Crippen molar-refractivity contribution in [2.75, 3.05) is 5.73 Å². The normalized spacial score (nSPS) is 10.8. The molecular weight excluding hydrogens is 200 g/mol. The number of aromatic amines is 1. The Morgan fingerprint density at radius 3 is 3.00 bits per heavy atom. The van der Waals surface area contributed by atoms with E-state index in [9.17, 15) is 0 Å². The van der Waals surface area contributed by atoms with Crippen LogP contribution in [0.5, 0.6) is 0 Å². The van der Waals surface area contributed by atoms with E-state index < -0.39 is 0 Å². The molecule has 0 saturated carbocycles. The van der Waals surface area contributed by atoms with Crippen molar-refractivity contribution in [2.24, 2.45) is 0 Å². The van der Waals surface area contributed by atoms with E-state index >= 15 is 0 Å². The molecule has 0 unspecified atom stereocenters. The lowest BCUT2D eigenvalue weighted by atomic mass is 10.1. The van der Waals surface area contributed by atoms with Crippen LogP contribution in [0, 0.1) is 0 Å². The predicted octanol–water partition coefficient (Wildman–Crippen LogP) is 2.21. The van der Waals surface area contributed by atoms with Gasteiger partial charge in [0.2, 0.25) is 0 Å². The predicted molar refractivity (Wildman–Crippen MR) is 63.7 cm³/mol. The van der Waals surface area contributed by atoms with Crippen LogP contribution in [0.3, 0.4) is 0 Å². The lowest BCUT2D eigenvalue weighted by molar-refractivity contribution is 1.34. The molecule has 3 N–H and O–H groups in total. The lowest BCUT2D eigenvalue weighted by Crippen LogP contribution is -1.88. The lowest BCUT2D eigenvalue weighted by Gasteiger charge is -1.99. The van der Waals surface area contributed by atoms with Gasteiger partial charge in [-0.15, -0.1) is 0 Å². The van der Waals surface area contributed by atoms with Gasteiger partial charge in [-0.25, -0.2) is 4.98 Å². The van der Waals surface area contributed by atoms with Crippen molar-refractivity contribution in [1.29, 1.82) is 0 Å². The monoisotopic (exact) mass is 210 g/mol. The van der Waals surface area contributed by atoms with Gasteiger partial charge in [-0.3, -0.25) is 4.98 Å². The zero-order valence-corrected chi connectivity index (χ0v) is 8.51. The van der Waals surface area contributed by atoms with Crippen molar-refractivity contribution in [3.63, 3.8) is 0 Å². The molecule has 0 bridgehead atoms. The van der Waals surface area contributed by atoms with E-state index in [-0.39, 0.29) is 0 Å². The van der Waals surface area contributed by atoms with Gasteiger partial charge in [0, 0.05) is 29.5 Å². The Labute approximate surface area is 92.2 Å². The van der Waals surface area contributed by atoms with E-state index in [4.69, 9.17) is 5.73 Å².